The molecule has 0 saturated carbocycles. The van der Waals surface area contributed by atoms with Gasteiger partial charge in [0.15, 0.2) is 6.04 Å². The average Bonchev–Trinajstić information content (AvgIpc) is 2.92. The van der Waals surface area contributed by atoms with Crippen molar-refractivity contribution in [1.82, 2.24) is 4.57 Å². The number of ether oxygens (including phenoxy) is 1. The van der Waals surface area contributed by atoms with E-state index in [2.05, 4.69) is 0 Å². The maximum Gasteiger partial charge on any atom is 0.333 e. The van der Waals surface area contributed by atoms with Crippen LogP contribution in [-0.4, -0.2) is 17.6 Å². The molecule has 1 heterocycles. The number of carbonyl (C=O) groups is 1. The SMILES string of the molecule is COC(=O)C(c1ccc(F)cc1Cl)n1ccc2ccc(Cl)cc21. The number of nitrogens with zero attached hydrogens (tertiary/aromatic N) is 1. The fraction of sp³-hybridized carbons (Fsp3) is 0.118. The molecular formula is C17H12Cl2FNO2. The Bertz CT molecular complexity index is 891. The topological polar surface area (TPSA) is 31.2 Å². The summed E-state index contributed by atoms with van der Waals surface area (Å²) in [6.07, 6.45) is 1.75. The summed E-state index contributed by atoms with van der Waals surface area (Å²) >= 11 is 12.2. The molecule has 0 aliphatic heterocycles. The van der Waals surface area contributed by atoms with Crippen molar-refractivity contribution in [3.05, 3.63) is 70.1 Å². The third-order valence-electron chi connectivity index (χ3n) is 3.65. The number of rotatable bonds is 3. The van der Waals surface area contributed by atoms with Crippen molar-refractivity contribution in [1.29, 1.82) is 0 Å². The normalized spacial score (nSPS) is 12.3. The van der Waals surface area contributed by atoms with Crippen molar-refractivity contribution in [2.45, 2.75) is 6.04 Å². The van der Waals surface area contributed by atoms with E-state index in [9.17, 15) is 9.18 Å². The number of carbonyl (C=O) groups excluding carboxylic acids is 1. The Balaban J connectivity index is 2.23. The standard InChI is InChI=1S/C17H12Cl2FNO2/c1-23-17(22)16(13-5-4-12(20)9-14(13)19)21-7-6-10-2-3-11(18)8-15(10)21/h2-9,16H,1H3. The second-order valence-electron chi connectivity index (χ2n) is 5.02. The van der Waals surface area contributed by atoms with E-state index < -0.39 is 17.8 Å². The van der Waals surface area contributed by atoms with Crippen LogP contribution in [0.4, 0.5) is 4.39 Å². The molecule has 0 aliphatic rings. The van der Waals surface area contributed by atoms with Gasteiger partial charge in [-0.2, -0.15) is 0 Å². The number of benzene rings is 2. The van der Waals surface area contributed by atoms with E-state index in [1.807, 2.05) is 12.1 Å². The van der Waals surface area contributed by atoms with Crippen molar-refractivity contribution in [2.24, 2.45) is 0 Å². The van der Waals surface area contributed by atoms with Gasteiger partial charge in [0.05, 0.1) is 12.6 Å². The number of methoxy groups -OCH3 is 1. The molecule has 6 heteroatoms. The van der Waals surface area contributed by atoms with E-state index in [1.165, 1.54) is 25.3 Å². The smallest absolute Gasteiger partial charge is 0.333 e. The minimum Gasteiger partial charge on any atom is -0.467 e. The van der Waals surface area contributed by atoms with Gasteiger partial charge in [-0.05, 0) is 35.7 Å². The molecule has 1 unspecified atom stereocenters. The molecule has 0 spiro atoms. The second-order valence-corrected chi connectivity index (χ2v) is 5.86. The highest BCUT2D eigenvalue weighted by atomic mass is 35.5. The lowest BCUT2D eigenvalue weighted by molar-refractivity contribution is -0.143. The summed E-state index contributed by atoms with van der Waals surface area (Å²) in [6.45, 7) is 0. The van der Waals surface area contributed by atoms with Crippen LogP contribution in [0.15, 0.2) is 48.7 Å². The predicted octanol–water partition coefficient (Wildman–Crippen LogP) is 4.85. The first-order chi connectivity index (χ1) is 11.0. The van der Waals surface area contributed by atoms with Crippen LogP contribution in [0.3, 0.4) is 0 Å². The Morgan fingerprint density at radius 2 is 1.96 bits per heavy atom. The minimum absolute atomic E-state index is 0.157. The van der Waals surface area contributed by atoms with E-state index in [0.29, 0.717) is 10.6 Å². The van der Waals surface area contributed by atoms with Crippen LogP contribution in [0.25, 0.3) is 10.9 Å². The third kappa shape index (κ3) is 2.92. The zero-order valence-corrected chi connectivity index (χ0v) is 13.6. The van der Waals surface area contributed by atoms with Crippen molar-refractivity contribution in [2.75, 3.05) is 7.11 Å². The second kappa shape index (κ2) is 6.22. The summed E-state index contributed by atoms with van der Waals surface area (Å²) < 4.78 is 19.9. The van der Waals surface area contributed by atoms with Gasteiger partial charge >= 0.3 is 5.97 Å². The first-order valence-corrected chi connectivity index (χ1v) is 7.55. The Morgan fingerprint density at radius 1 is 1.17 bits per heavy atom. The van der Waals surface area contributed by atoms with Crippen molar-refractivity contribution in [3.63, 3.8) is 0 Å². The van der Waals surface area contributed by atoms with Gasteiger partial charge in [-0.3, -0.25) is 0 Å². The molecule has 0 radical (unpaired) electrons. The maximum atomic E-state index is 13.3. The molecule has 3 nitrogen and oxygen atoms in total. The molecule has 3 aromatic rings. The Labute approximate surface area is 142 Å². The number of fused-ring (bicyclic) bond motifs is 1. The summed E-state index contributed by atoms with van der Waals surface area (Å²) in [5.41, 5.74) is 1.21. The van der Waals surface area contributed by atoms with E-state index in [1.54, 1.807) is 22.9 Å². The number of aromatic nitrogens is 1. The van der Waals surface area contributed by atoms with Crippen molar-refractivity contribution in [3.8, 4) is 0 Å². The molecule has 0 saturated heterocycles. The highest BCUT2D eigenvalue weighted by Gasteiger charge is 2.27. The zero-order chi connectivity index (χ0) is 16.6. The summed E-state index contributed by atoms with van der Waals surface area (Å²) in [5.74, 6) is -0.973. The van der Waals surface area contributed by atoms with E-state index in [4.69, 9.17) is 27.9 Å². The molecule has 0 aliphatic carbocycles. The summed E-state index contributed by atoms with van der Waals surface area (Å²) in [4.78, 5) is 12.3. The van der Waals surface area contributed by atoms with Crippen molar-refractivity contribution >= 4 is 40.1 Å². The van der Waals surface area contributed by atoms with Crippen molar-refractivity contribution < 1.29 is 13.9 Å². The fourth-order valence-electron chi connectivity index (χ4n) is 2.57. The molecule has 1 aromatic heterocycles. The van der Waals surface area contributed by atoms with Crippen LogP contribution in [0.5, 0.6) is 0 Å². The van der Waals surface area contributed by atoms with Crippen LogP contribution in [0, 0.1) is 5.82 Å². The van der Waals surface area contributed by atoms with Crippen LogP contribution in [-0.2, 0) is 9.53 Å². The Hall–Kier alpha value is -2.04. The number of halogens is 3. The summed E-state index contributed by atoms with van der Waals surface area (Å²) in [7, 11) is 1.30. The first kappa shape index (κ1) is 15.8. The van der Waals surface area contributed by atoms with Gasteiger partial charge in [0.25, 0.3) is 0 Å². The highest BCUT2D eigenvalue weighted by molar-refractivity contribution is 6.32. The minimum atomic E-state index is -0.830. The van der Waals surface area contributed by atoms with Crippen LogP contribution in [0.2, 0.25) is 10.0 Å². The lowest BCUT2D eigenvalue weighted by Gasteiger charge is -2.19. The fourth-order valence-corrected chi connectivity index (χ4v) is 3.01. The van der Waals surface area contributed by atoms with Gasteiger partial charge < -0.3 is 9.30 Å². The van der Waals surface area contributed by atoms with Gasteiger partial charge in [-0.15, -0.1) is 0 Å². The number of hydrogen-bond acceptors (Lipinski definition) is 2. The summed E-state index contributed by atoms with van der Waals surface area (Å²) in [6, 6.07) is 10.3. The largest absolute Gasteiger partial charge is 0.467 e. The third-order valence-corrected chi connectivity index (χ3v) is 4.21. The molecule has 0 fully saturated rings. The first-order valence-electron chi connectivity index (χ1n) is 6.80. The molecular weight excluding hydrogens is 340 g/mol. The maximum absolute atomic E-state index is 13.3. The highest BCUT2D eigenvalue weighted by Crippen LogP contribution is 2.32. The van der Waals surface area contributed by atoms with Gasteiger partial charge in [0, 0.05) is 21.8 Å². The molecule has 1 atom stereocenters. The molecule has 0 amide bonds. The predicted molar refractivity (Wildman–Crippen MR) is 88.5 cm³/mol. The zero-order valence-electron chi connectivity index (χ0n) is 12.1. The summed E-state index contributed by atoms with van der Waals surface area (Å²) in [5, 5.41) is 1.62. The molecule has 2 aromatic carbocycles. The van der Waals surface area contributed by atoms with E-state index in [-0.39, 0.29) is 5.02 Å². The van der Waals surface area contributed by atoms with Gasteiger partial charge in [-0.25, -0.2) is 9.18 Å². The van der Waals surface area contributed by atoms with Crippen LogP contribution >= 0.6 is 23.2 Å². The Kier molecular flexibility index (Phi) is 4.28. The molecule has 3 rings (SSSR count). The van der Waals surface area contributed by atoms with Crippen LogP contribution < -0.4 is 0 Å². The Morgan fingerprint density at radius 3 is 2.65 bits per heavy atom. The monoisotopic (exact) mass is 351 g/mol. The number of hydrogen-bond donors (Lipinski definition) is 0. The average molecular weight is 352 g/mol. The van der Waals surface area contributed by atoms with Gasteiger partial charge in [-0.1, -0.05) is 35.3 Å². The lowest BCUT2D eigenvalue weighted by atomic mass is 10.1. The molecule has 0 bridgehead atoms. The number of esters is 1. The molecule has 118 valence electrons. The van der Waals surface area contributed by atoms with E-state index in [0.717, 1.165) is 10.9 Å². The van der Waals surface area contributed by atoms with Gasteiger partial charge in [0.2, 0.25) is 0 Å². The lowest BCUT2D eigenvalue weighted by Crippen LogP contribution is -2.22. The molecule has 23 heavy (non-hydrogen) atoms. The van der Waals surface area contributed by atoms with Gasteiger partial charge in [0.1, 0.15) is 5.82 Å². The molecule has 0 N–H and O–H groups in total. The van der Waals surface area contributed by atoms with Crippen LogP contribution in [0.1, 0.15) is 11.6 Å². The quantitative estimate of drug-likeness (QED) is 0.631. The van der Waals surface area contributed by atoms with E-state index >= 15 is 0 Å².